The van der Waals surface area contributed by atoms with Gasteiger partial charge in [-0.05, 0) is 97.9 Å². The van der Waals surface area contributed by atoms with E-state index in [0.29, 0.717) is 11.8 Å². The van der Waals surface area contributed by atoms with Gasteiger partial charge in [0.05, 0.1) is 11.4 Å². The maximum Gasteiger partial charge on any atom is 0.306 e. The maximum atomic E-state index is 13.7. The molecule has 6 heteroatoms. The molecule has 2 aromatic carbocycles. The van der Waals surface area contributed by atoms with Crippen molar-refractivity contribution in [2.75, 3.05) is 13.2 Å². The normalized spacial score (nSPS) is 27.4. The molecule has 1 aliphatic heterocycles. The number of aromatic hydroxyl groups is 1. The molecular weight excluding hydrogens is 421 g/mol. The number of halogens is 1. The summed E-state index contributed by atoms with van der Waals surface area (Å²) in [6, 6.07) is 12.2. The van der Waals surface area contributed by atoms with Crippen molar-refractivity contribution in [3.63, 3.8) is 0 Å². The summed E-state index contributed by atoms with van der Waals surface area (Å²) in [5, 5.41) is 20.7. The quantitative estimate of drug-likeness (QED) is 0.534. The van der Waals surface area contributed by atoms with E-state index in [0.717, 1.165) is 68.3 Å². The first-order chi connectivity index (χ1) is 15.9. The lowest BCUT2D eigenvalue weighted by atomic mass is 9.47. The van der Waals surface area contributed by atoms with Crippen LogP contribution in [0.5, 0.6) is 5.75 Å². The highest BCUT2D eigenvalue weighted by Gasteiger charge is 2.56. The van der Waals surface area contributed by atoms with Crippen molar-refractivity contribution in [2.45, 2.75) is 50.4 Å². The number of nitrogens with zero attached hydrogens (tertiary/aromatic N) is 1. The van der Waals surface area contributed by atoms with Crippen LogP contribution in [0.1, 0.15) is 61.6 Å². The van der Waals surface area contributed by atoms with Crippen molar-refractivity contribution in [3.05, 3.63) is 59.5 Å². The Kier molecular flexibility index (Phi) is 4.77. The summed E-state index contributed by atoms with van der Waals surface area (Å²) < 4.78 is 21.7. The van der Waals surface area contributed by atoms with Crippen molar-refractivity contribution < 1.29 is 24.1 Å². The average Bonchev–Trinajstić information content (AvgIpc) is 3.07. The van der Waals surface area contributed by atoms with Crippen molar-refractivity contribution in [1.29, 1.82) is 0 Å². The number of hydrogen-bond donors (Lipinski definition) is 2. The van der Waals surface area contributed by atoms with Gasteiger partial charge < -0.3 is 19.5 Å². The van der Waals surface area contributed by atoms with E-state index in [1.165, 1.54) is 23.4 Å². The summed E-state index contributed by atoms with van der Waals surface area (Å²) in [7, 11) is 0. The summed E-state index contributed by atoms with van der Waals surface area (Å²) in [6.07, 6.45) is 5.38. The van der Waals surface area contributed by atoms with Crippen molar-refractivity contribution in [3.8, 4) is 11.4 Å². The molecule has 3 aromatic rings. The number of aliphatic carboxylic acids is 1. The van der Waals surface area contributed by atoms with Crippen LogP contribution in [0.15, 0.2) is 42.5 Å². The second kappa shape index (κ2) is 7.59. The largest absolute Gasteiger partial charge is 0.508 e. The first-order valence-corrected chi connectivity index (χ1v) is 11.9. The highest BCUT2D eigenvalue weighted by molar-refractivity contribution is 5.89. The number of aromatic nitrogens is 1. The molecule has 1 spiro atoms. The molecule has 3 fully saturated rings. The molecule has 6 rings (SSSR count). The van der Waals surface area contributed by atoms with Crippen LogP contribution < -0.4 is 0 Å². The van der Waals surface area contributed by atoms with E-state index in [4.69, 9.17) is 4.74 Å². The molecule has 2 N–H and O–H groups in total. The molecule has 3 aliphatic rings. The third-order valence-corrected chi connectivity index (χ3v) is 8.20. The molecule has 2 aliphatic carbocycles. The number of carbonyl (C=O) groups is 1. The van der Waals surface area contributed by atoms with Gasteiger partial charge in [-0.15, -0.1) is 0 Å². The smallest absolute Gasteiger partial charge is 0.306 e. The van der Waals surface area contributed by atoms with Crippen LogP contribution in [0.4, 0.5) is 4.39 Å². The van der Waals surface area contributed by atoms with E-state index >= 15 is 0 Å². The molecule has 0 bridgehead atoms. The van der Waals surface area contributed by atoms with Crippen molar-refractivity contribution in [1.82, 2.24) is 4.57 Å². The number of hydrogen-bond acceptors (Lipinski definition) is 3. The molecule has 2 saturated carbocycles. The summed E-state index contributed by atoms with van der Waals surface area (Å²) in [4.78, 5) is 11.3. The van der Waals surface area contributed by atoms with Gasteiger partial charge in [-0.2, -0.15) is 0 Å². The van der Waals surface area contributed by atoms with Crippen LogP contribution in [-0.2, 0) is 9.53 Å². The third kappa shape index (κ3) is 3.34. The van der Waals surface area contributed by atoms with Gasteiger partial charge in [0, 0.05) is 35.9 Å². The molecule has 0 unspecified atom stereocenters. The lowest BCUT2D eigenvalue weighted by Crippen LogP contribution is -2.49. The number of rotatable bonds is 4. The fraction of sp³-hybridized carbons (Fsp3) is 0.444. The first kappa shape index (κ1) is 20.7. The van der Waals surface area contributed by atoms with E-state index in [-0.39, 0.29) is 22.9 Å². The van der Waals surface area contributed by atoms with Crippen molar-refractivity contribution >= 4 is 16.9 Å². The van der Waals surface area contributed by atoms with E-state index in [9.17, 15) is 19.4 Å². The predicted octanol–water partition coefficient (Wildman–Crippen LogP) is 5.73. The minimum atomic E-state index is -0.676. The zero-order valence-corrected chi connectivity index (χ0v) is 18.5. The Morgan fingerprint density at radius 3 is 2.36 bits per heavy atom. The Morgan fingerprint density at radius 2 is 1.70 bits per heavy atom. The molecule has 2 heterocycles. The van der Waals surface area contributed by atoms with Crippen LogP contribution in [0.25, 0.3) is 16.6 Å². The van der Waals surface area contributed by atoms with E-state index < -0.39 is 5.97 Å². The molecule has 1 saturated heterocycles. The van der Waals surface area contributed by atoms with Crippen LogP contribution in [0.2, 0.25) is 0 Å². The van der Waals surface area contributed by atoms with Crippen LogP contribution in [-0.4, -0.2) is 34.0 Å². The zero-order valence-electron chi connectivity index (χ0n) is 18.5. The summed E-state index contributed by atoms with van der Waals surface area (Å²) in [5.41, 5.74) is 4.63. The monoisotopic (exact) mass is 449 g/mol. The van der Waals surface area contributed by atoms with Crippen LogP contribution in [0, 0.1) is 17.2 Å². The minimum absolute atomic E-state index is 0.155. The fourth-order valence-corrected chi connectivity index (χ4v) is 6.68. The van der Waals surface area contributed by atoms with Gasteiger partial charge >= 0.3 is 5.97 Å². The van der Waals surface area contributed by atoms with Gasteiger partial charge in [-0.3, -0.25) is 4.79 Å². The number of ether oxygens (including phenoxy) is 1. The second-order valence-electron chi connectivity index (χ2n) is 10.2. The van der Waals surface area contributed by atoms with Crippen LogP contribution >= 0.6 is 0 Å². The van der Waals surface area contributed by atoms with Gasteiger partial charge in [-0.1, -0.05) is 0 Å². The number of fused-ring (bicyclic) bond motifs is 1. The zero-order chi connectivity index (χ0) is 22.7. The molecule has 0 radical (unpaired) electrons. The number of benzene rings is 2. The third-order valence-electron chi connectivity index (χ3n) is 8.20. The maximum absolute atomic E-state index is 13.7. The van der Waals surface area contributed by atoms with Gasteiger partial charge in [0.25, 0.3) is 0 Å². The fourth-order valence-electron chi connectivity index (χ4n) is 6.68. The SMILES string of the molecule is O=C(O)[C@H]1CC2(C1)C[C@H](c1c(C3CCOCC3)n(-c3ccc(F)cc3)c3ccc(O)cc31)C2. The number of phenols is 1. The predicted molar refractivity (Wildman–Crippen MR) is 122 cm³/mol. The first-order valence-electron chi connectivity index (χ1n) is 11.9. The average molecular weight is 450 g/mol. The Balaban J connectivity index is 1.48. The molecule has 33 heavy (non-hydrogen) atoms. The van der Waals surface area contributed by atoms with E-state index in [1.54, 1.807) is 6.07 Å². The summed E-state index contributed by atoms with van der Waals surface area (Å²) in [6.45, 7) is 1.43. The van der Waals surface area contributed by atoms with Gasteiger partial charge in [-0.25, -0.2) is 4.39 Å². The molecular formula is C27H28FNO4. The minimum Gasteiger partial charge on any atom is -0.508 e. The molecule has 172 valence electrons. The van der Waals surface area contributed by atoms with Gasteiger partial charge in [0.15, 0.2) is 0 Å². The molecule has 5 nitrogen and oxygen atoms in total. The lowest BCUT2D eigenvalue weighted by Gasteiger charge is -2.57. The Morgan fingerprint density at radius 1 is 1.00 bits per heavy atom. The number of carboxylic acid groups (broad SMARTS) is 1. The van der Waals surface area contributed by atoms with Crippen molar-refractivity contribution in [2.24, 2.45) is 11.3 Å². The Labute approximate surface area is 191 Å². The topological polar surface area (TPSA) is 71.7 Å². The number of phenolic OH excluding ortho intramolecular Hbond substituents is 1. The summed E-state index contributed by atoms with van der Waals surface area (Å²) >= 11 is 0. The molecule has 1 aromatic heterocycles. The highest BCUT2D eigenvalue weighted by atomic mass is 19.1. The Hall–Kier alpha value is -2.86. The Bertz CT molecular complexity index is 1210. The van der Waals surface area contributed by atoms with Crippen LogP contribution in [0.3, 0.4) is 0 Å². The lowest BCUT2D eigenvalue weighted by molar-refractivity contribution is -0.155. The van der Waals surface area contributed by atoms with Gasteiger partial charge in [0.1, 0.15) is 11.6 Å². The van der Waals surface area contributed by atoms with Gasteiger partial charge in [0.2, 0.25) is 0 Å². The molecule has 0 amide bonds. The second-order valence-corrected chi connectivity index (χ2v) is 10.2. The number of carboxylic acids is 1. The van der Waals surface area contributed by atoms with E-state index in [1.807, 2.05) is 24.3 Å². The summed E-state index contributed by atoms with van der Waals surface area (Å²) in [5.74, 6) is -0.251. The standard InChI is InChI=1S/C27H28FNO4/c28-19-1-3-20(4-2-19)29-23-6-5-21(30)11-22(23)24(25(29)16-7-9-33-10-8-16)17-12-27(13-17)14-18(15-27)26(31)32/h1-6,11,16-18,30H,7-10,12-15H2,(H,31,32)/t17-,18-,27?. The molecule has 0 atom stereocenters. The van der Waals surface area contributed by atoms with E-state index in [2.05, 4.69) is 4.57 Å². The highest BCUT2D eigenvalue weighted by Crippen LogP contribution is 2.65.